The Morgan fingerprint density at radius 1 is 1.19 bits per heavy atom. The summed E-state index contributed by atoms with van der Waals surface area (Å²) in [5.41, 5.74) is 3.49. The van der Waals surface area contributed by atoms with Crippen LogP contribution in [0.4, 0.5) is 11.4 Å². The topological polar surface area (TPSA) is 55.6 Å². The molecule has 1 saturated carbocycles. The minimum atomic E-state index is -0.700. The summed E-state index contributed by atoms with van der Waals surface area (Å²) in [5.74, 6) is 0.383. The molecule has 0 amide bonds. The number of nitro groups is 1. The monoisotopic (exact) mass is 348 g/mol. The van der Waals surface area contributed by atoms with Crippen LogP contribution in [0.5, 0.6) is 5.75 Å². The first-order valence-electron chi connectivity index (χ1n) is 9.00. The lowest BCUT2D eigenvalue weighted by atomic mass is 9.64. The Morgan fingerprint density at radius 2 is 2.00 bits per heavy atom. The maximum Gasteiger partial charge on any atom is 0.311 e. The summed E-state index contributed by atoms with van der Waals surface area (Å²) in [7, 11) is 2.04. The molecule has 0 radical (unpaired) electrons. The summed E-state index contributed by atoms with van der Waals surface area (Å²) in [5, 5.41) is 11.6. The number of fused-ring (bicyclic) bond motifs is 3. The highest BCUT2D eigenvalue weighted by atomic mass is 16.6. The predicted octanol–water partition coefficient (Wildman–Crippen LogP) is 4.66. The Kier molecular flexibility index (Phi) is 2.89. The van der Waals surface area contributed by atoms with E-state index in [4.69, 9.17) is 4.74 Å². The standard InChI is InChI=1S/C21H20N2O3/c1-20-12-6-8-15-13-14-7-5-11-18(23(24)25)19(14)26-21(15,20)22(2)17-10-4-3-9-16(17)20/h3-5,7,9-11,13H,6,8,12H2,1-2H3/t20-,21-/m0/s1. The first kappa shape index (κ1) is 15.4. The SMILES string of the molecule is CN1c2ccccc2[C@]2(C)CCCC3=Cc4cccc([N+](=O)[O-])c4O[C@]312. The van der Waals surface area contributed by atoms with E-state index in [9.17, 15) is 10.1 Å². The third-order valence-corrected chi connectivity index (χ3v) is 6.44. The molecule has 0 aromatic heterocycles. The van der Waals surface area contributed by atoms with Crippen LogP contribution < -0.4 is 9.64 Å². The summed E-state index contributed by atoms with van der Waals surface area (Å²) in [6.45, 7) is 2.24. The molecule has 2 aromatic rings. The van der Waals surface area contributed by atoms with Gasteiger partial charge in [0.25, 0.3) is 0 Å². The maximum atomic E-state index is 11.6. The van der Waals surface area contributed by atoms with Crippen LogP contribution in [0.3, 0.4) is 0 Å². The van der Waals surface area contributed by atoms with Gasteiger partial charge in [-0.2, -0.15) is 0 Å². The third kappa shape index (κ3) is 1.61. The lowest BCUT2D eigenvalue weighted by molar-refractivity contribution is -0.386. The van der Waals surface area contributed by atoms with Crippen LogP contribution in [0.25, 0.3) is 6.08 Å². The molecule has 0 unspecified atom stereocenters. The molecule has 2 aliphatic heterocycles. The van der Waals surface area contributed by atoms with Gasteiger partial charge in [-0.05, 0) is 49.5 Å². The Balaban J connectivity index is 1.80. The van der Waals surface area contributed by atoms with Gasteiger partial charge < -0.3 is 9.64 Å². The first-order valence-corrected chi connectivity index (χ1v) is 9.00. The van der Waals surface area contributed by atoms with Crippen molar-refractivity contribution in [2.24, 2.45) is 0 Å². The summed E-state index contributed by atoms with van der Waals surface area (Å²) in [6.07, 6.45) is 5.13. The highest BCUT2D eigenvalue weighted by Gasteiger charge is 2.65. The van der Waals surface area contributed by atoms with Crippen LogP contribution in [0.2, 0.25) is 0 Å². The molecular formula is C21H20N2O3. The molecule has 1 aliphatic carbocycles. The molecule has 2 aromatic carbocycles. The summed E-state index contributed by atoms with van der Waals surface area (Å²) >= 11 is 0. The van der Waals surface area contributed by atoms with Crippen molar-refractivity contribution in [2.75, 3.05) is 11.9 Å². The number of likely N-dealkylation sites (N-methyl/N-ethyl adjacent to an activating group) is 1. The fourth-order valence-corrected chi connectivity index (χ4v) is 5.29. The lowest BCUT2D eigenvalue weighted by Crippen LogP contribution is -2.63. The largest absolute Gasteiger partial charge is 0.455 e. The van der Waals surface area contributed by atoms with Gasteiger partial charge in [0.1, 0.15) is 0 Å². The van der Waals surface area contributed by atoms with Crippen molar-refractivity contribution >= 4 is 17.5 Å². The number of ether oxygens (including phenoxy) is 1. The zero-order chi connectivity index (χ0) is 18.1. The Labute approximate surface area is 152 Å². The Morgan fingerprint density at radius 3 is 2.81 bits per heavy atom. The second-order valence-electron chi connectivity index (χ2n) is 7.63. The second kappa shape index (κ2) is 4.87. The summed E-state index contributed by atoms with van der Waals surface area (Å²) in [6, 6.07) is 13.5. The molecule has 1 fully saturated rings. The van der Waals surface area contributed by atoms with Gasteiger partial charge >= 0.3 is 5.69 Å². The molecule has 5 nitrogen and oxygen atoms in total. The third-order valence-electron chi connectivity index (χ3n) is 6.44. The number of para-hydroxylation sites is 2. The fraction of sp³-hybridized carbons (Fsp3) is 0.333. The van der Waals surface area contributed by atoms with Gasteiger partial charge in [0.05, 0.1) is 10.3 Å². The summed E-state index contributed by atoms with van der Waals surface area (Å²) in [4.78, 5) is 13.4. The van der Waals surface area contributed by atoms with Crippen LogP contribution in [-0.2, 0) is 5.41 Å². The van der Waals surface area contributed by atoms with Gasteiger partial charge in [0, 0.05) is 24.4 Å². The number of benzene rings is 2. The zero-order valence-electron chi connectivity index (χ0n) is 14.9. The average molecular weight is 348 g/mol. The van der Waals surface area contributed by atoms with Gasteiger partial charge in [-0.25, -0.2) is 0 Å². The van der Waals surface area contributed by atoms with E-state index in [1.165, 1.54) is 17.2 Å². The smallest absolute Gasteiger partial charge is 0.311 e. The molecule has 0 bridgehead atoms. The molecule has 2 heterocycles. The van der Waals surface area contributed by atoms with Crippen LogP contribution >= 0.6 is 0 Å². The normalized spacial score (nSPS) is 28.2. The number of hydrogen-bond acceptors (Lipinski definition) is 4. The Bertz CT molecular complexity index is 983. The number of hydrogen-bond donors (Lipinski definition) is 0. The van der Waals surface area contributed by atoms with Gasteiger partial charge in [0.15, 0.2) is 0 Å². The number of nitrogens with zero attached hydrogens (tertiary/aromatic N) is 2. The van der Waals surface area contributed by atoms with E-state index >= 15 is 0 Å². The van der Waals surface area contributed by atoms with Gasteiger partial charge in [-0.15, -0.1) is 0 Å². The zero-order valence-corrected chi connectivity index (χ0v) is 14.9. The van der Waals surface area contributed by atoms with Crippen LogP contribution in [0.1, 0.15) is 37.3 Å². The minimum absolute atomic E-state index is 0.0319. The minimum Gasteiger partial charge on any atom is -0.455 e. The molecular weight excluding hydrogens is 328 g/mol. The van der Waals surface area contributed by atoms with Crippen molar-refractivity contribution in [3.8, 4) is 5.75 Å². The van der Waals surface area contributed by atoms with E-state index in [-0.39, 0.29) is 16.0 Å². The first-order chi connectivity index (χ1) is 12.5. The van der Waals surface area contributed by atoms with Crippen LogP contribution in [0.15, 0.2) is 48.0 Å². The van der Waals surface area contributed by atoms with Crippen molar-refractivity contribution in [2.45, 2.75) is 37.3 Å². The second-order valence-corrected chi connectivity index (χ2v) is 7.63. The Hall–Kier alpha value is -2.82. The van der Waals surface area contributed by atoms with Gasteiger partial charge in [-0.3, -0.25) is 10.1 Å². The van der Waals surface area contributed by atoms with Crippen molar-refractivity contribution in [3.05, 3.63) is 69.3 Å². The van der Waals surface area contributed by atoms with Gasteiger partial charge in [-0.1, -0.05) is 30.3 Å². The van der Waals surface area contributed by atoms with Crippen LogP contribution in [-0.4, -0.2) is 17.7 Å². The lowest BCUT2D eigenvalue weighted by Gasteiger charge is -2.53. The highest BCUT2D eigenvalue weighted by molar-refractivity contribution is 5.77. The van der Waals surface area contributed by atoms with E-state index in [2.05, 4.69) is 36.1 Å². The molecule has 132 valence electrons. The van der Waals surface area contributed by atoms with Crippen molar-refractivity contribution in [3.63, 3.8) is 0 Å². The van der Waals surface area contributed by atoms with Crippen molar-refractivity contribution < 1.29 is 9.66 Å². The fourth-order valence-electron chi connectivity index (χ4n) is 5.29. The van der Waals surface area contributed by atoms with E-state index < -0.39 is 5.72 Å². The molecule has 5 rings (SSSR count). The molecule has 5 heteroatoms. The quantitative estimate of drug-likeness (QED) is 0.556. The molecule has 3 aliphatic rings. The van der Waals surface area contributed by atoms with Crippen LogP contribution in [0, 0.1) is 10.1 Å². The highest BCUT2D eigenvalue weighted by Crippen LogP contribution is 2.62. The van der Waals surface area contributed by atoms with Gasteiger partial charge in [0.2, 0.25) is 11.5 Å². The number of rotatable bonds is 1. The molecule has 2 atom stereocenters. The number of nitro benzene ring substituents is 1. The van der Waals surface area contributed by atoms with Crippen molar-refractivity contribution in [1.82, 2.24) is 0 Å². The molecule has 26 heavy (non-hydrogen) atoms. The predicted molar refractivity (Wildman–Crippen MR) is 100 cm³/mol. The molecule has 0 saturated heterocycles. The average Bonchev–Trinajstić information content (AvgIpc) is 2.84. The van der Waals surface area contributed by atoms with E-state index in [0.29, 0.717) is 5.75 Å². The maximum absolute atomic E-state index is 11.6. The van der Waals surface area contributed by atoms with Crippen molar-refractivity contribution in [1.29, 1.82) is 0 Å². The number of anilines is 1. The molecule has 1 spiro atoms. The molecule has 0 N–H and O–H groups in total. The summed E-state index contributed by atoms with van der Waals surface area (Å²) < 4.78 is 6.65. The van der Waals surface area contributed by atoms with E-state index in [1.807, 2.05) is 19.2 Å². The van der Waals surface area contributed by atoms with E-state index in [1.54, 1.807) is 6.07 Å². The van der Waals surface area contributed by atoms with E-state index in [0.717, 1.165) is 30.5 Å².